The highest BCUT2D eigenvalue weighted by Crippen LogP contribution is 2.12. The Labute approximate surface area is 111 Å². The van der Waals surface area contributed by atoms with Gasteiger partial charge in [-0.05, 0) is 19.0 Å². The second kappa shape index (κ2) is 6.43. The molecule has 102 valence electrons. The first-order chi connectivity index (χ1) is 9.20. The number of aromatic nitrogens is 2. The van der Waals surface area contributed by atoms with E-state index in [0.717, 1.165) is 31.1 Å². The van der Waals surface area contributed by atoms with Gasteiger partial charge in [-0.1, -0.05) is 19.1 Å². The molecule has 0 aliphatic carbocycles. The Morgan fingerprint density at radius 1 is 1.32 bits per heavy atom. The molecule has 19 heavy (non-hydrogen) atoms. The number of benzene rings is 1. The molecule has 0 spiro atoms. The molecule has 0 fully saturated rings. The molecule has 1 aromatic carbocycles. The molecular formula is C14H17F2N3. The lowest BCUT2D eigenvalue weighted by atomic mass is 10.2. The summed E-state index contributed by atoms with van der Waals surface area (Å²) in [6, 6.07) is 4.18. The molecular weight excluding hydrogens is 248 g/mol. The van der Waals surface area contributed by atoms with Gasteiger partial charge in [-0.25, -0.2) is 8.78 Å². The monoisotopic (exact) mass is 265 g/mol. The van der Waals surface area contributed by atoms with Gasteiger partial charge in [0, 0.05) is 23.9 Å². The maximum atomic E-state index is 13.5. The highest BCUT2D eigenvalue weighted by atomic mass is 19.2. The first kappa shape index (κ1) is 13.7. The largest absolute Gasteiger partial charge is 0.313 e. The summed E-state index contributed by atoms with van der Waals surface area (Å²) in [5.74, 6) is -1.63. The van der Waals surface area contributed by atoms with Gasteiger partial charge in [0.1, 0.15) is 0 Å². The van der Waals surface area contributed by atoms with Crippen LogP contribution in [0.5, 0.6) is 0 Å². The molecule has 1 aromatic heterocycles. The third-order valence-corrected chi connectivity index (χ3v) is 2.81. The van der Waals surface area contributed by atoms with Gasteiger partial charge in [0.05, 0.1) is 12.7 Å². The van der Waals surface area contributed by atoms with Gasteiger partial charge in [-0.15, -0.1) is 0 Å². The zero-order valence-electron chi connectivity index (χ0n) is 10.9. The van der Waals surface area contributed by atoms with Crippen LogP contribution < -0.4 is 5.32 Å². The van der Waals surface area contributed by atoms with Crippen LogP contribution in [0.2, 0.25) is 0 Å². The van der Waals surface area contributed by atoms with Crippen molar-refractivity contribution in [2.75, 3.05) is 6.54 Å². The third-order valence-electron chi connectivity index (χ3n) is 2.81. The summed E-state index contributed by atoms with van der Waals surface area (Å²) >= 11 is 0. The van der Waals surface area contributed by atoms with Crippen molar-refractivity contribution >= 4 is 0 Å². The van der Waals surface area contributed by atoms with Crippen molar-refractivity contribution in [1.29, 1.82) is 0 Å². The van der Waals surface area contributed by atoms with Crippen molar-refractivity contribution in [3.63, 3.8) is 0 Å². The van der Waals surface area contributed by atoms with Gasteiger partial charge in [0.15, 0.2) is 11.6 Å². The van der Waals surface area contributed by atoms with Gasteiger partial charge >= 0.3 is 0 Å². The smallest absolute Gasteiger partial charge is 0.163 e. The highest BCUT2D eigenvalue weighted by molar-refractivity contribution is 5.19. The molecule has 0 aliphatic heterocycles. The molecule has 0 saturated carbocycles. The van der Waals surface area contributed by atoms with Crippen molar-refractivity contribution in [2.24, 2.45) is 0 Å². The Morgan fingerprint density at radius 2 is 2.16 bits per heavy atom. The van der Waals surface area contributed by atoms with E-state index in [2.05, 4.69) is 17.3 Å². The van der Waals surface area contributed by atoms with Crippen LogP contribution in [-0.2, 0) is 13.1 Å². The summed E-state index contributed by atoms with van der Waals surface area (Å²) < 4.78 is 28.2. The molecule has 0 atom stereocenters. The van der Waals surface area contributed by atoms with Gasteiger partial charge < -0.3 is 5.32 Å². The Hall–Kier alpha value is -1.75. The number of nitrogens with one attached hydrogen (secondary N) is 1. The van der Waals surface area contributed by atoms with Crippen LogP contribution >= 0.6 is 0 Å². The molecule has 5 heteroatoms. The summed E-state index contributed by atoms with van der Waals surface area (Å²) in [5, 5.41) is 7.41. The lowest BCUT2D eigenvalue weighted by molar-refractivity contribution is 0.492. The molecule has 0 bridgehead atoms. The van der Waals surface area contributed by atoms with Gasteiger partial charge in [0.25, 0.3) is 0 Å². The zero-order chi connectivity index (χ0) is 13.7. The summed E-state index contributed by atoms with van der Waals surface area (Å²) in [4.78, 5) is 0. The fourth-order valence-corrected chi connectivity index (χ4v) is 1.84. The average Bonchev–Trinajstić information content (AvgIpc) is 2.83. The molecule has 2 rings (SSSR count). The maximum Gasteiger partial charge on any atom is 0.163 e. The van der Waals surface area contributed by atoms with E-state index in [1.165, 1.54) is 6.07 Å². The fourth-order valence-electron chi connectivity index (χ4n) is 1.84. The van der Waals surface area contributed by atoms with E-state index in [0.29, 0.717) is 5.56 Å². The first-order valence-corrected chi connectivity index (χ1v) is 6.35. The van der Waals surface area contributed by atoms with Gasteiger partial charge in [0.2, 0.25) is 0 Å². The summed E-state index contributed by atoms with van der Waals surface area (Å²) in [6.07, 6.45) is 4.65. The first-order valence-electron chi connectivity index (χ1n) is 6.35. The van der Waals surface area contributed by atoms with Crippen LogP contribution in [0.1, 0.15) is 24.5 Å². The number of hydrogen-bond acceptors (Lipinski definition) is 2. The maximum absolute atomic E-state index is 13.5. The van der Waals surface area contributed by atoms with Crippen LogP contribution in [0.15, 0.2) is 30.6 Å². The molecule has 0 aliphatic rings. The number of rotatable bonds is 6. The van der Waals surface area contributed by atoms with E-state index in [1.807, 2.05) is 6.20 Å². The van der Waals surface area contributed by atoms with Crippen molar-refractivity contribution in [1.82, 2.24) is 15.1 Å². The molecule has 0 unspecified atom stereocenters. The van der Waals surface area contributed by atoms with E-state index in [9.17, 15) is 8.78 Å². The Morgan fingerprint density at radius 3 is 2.95 bits per heavy atom. The molecule has 1 N–H and O–H groups in total. The van der Waals surface area contributed by atoms with Crippen molar-refractivity contribution < 1.29 is 8.78 Å². The van der Waals surface area contributed by atoms with E-state index in [4.69, 9.17) is 0 Å². The normalized spacial score (nSPS) is 10.9. The second-order valence-corrected chi connectivity index (χ2v) is 4.44. The SMILES string of the molecule is CCCNCc1cnn(Cc2cccc(F)c2F)c1. The van der Waals surface area contributed by atoms with E-state index in [1.54, 1.807) is 16.9 Å². The van der Waals surface area contributed by atoms with Crippen LogP contribution in [0.4, 0.5) is 8.78 Å². The highest BCUT2D eigenvalue weighted by Gasteiger charge is 2.08. The van der Waals surface area contributed by atoms with Crippen LogP contribution in [0.3, 0.4) is 0 Å². The summed E-state index contributed by atoms with van der Waals surface area (Å²) in [6.45, 7) is 4.02. The lowest BCUT2D eigenvalue weighted by Gasteiger charge is -2.04. The van der Waals surface area contributed by atoms with Crippen LogP contribution in [0.25, 0.3) is 0 Å². The quantitative estimate of drug-likeness (QED) is 0.814. The fraction of sp³-hybridized carbons (Fsp3) is 0.357. The third kappa shape index (κ3) is 3.61. The zero-order valence-corrected chi connectivity index (χ0v) is 10.9. The molecule has 0 amide bonds. The standard InChI is InChI=1S/C14H17F2N3/c1-2-6-17-7-11-8-18-19(9-11)10-12-4-3-5-13(15)14(12)16/h3-5,8-9,17H,2,6-7,10H2,1H3. The van der Waals surface area contributed by atoms with Crippen molar-refractivity contribution in [3.8, 4) is 0 Å². The van der Waals surface area contributed by atoms with Gasteiger partial charge in [-0.2, -0.15) is 5.10 Å². The second-order valence-electron chi connectivity index (χ2n) is 4.44. The topological polar surface area (TPSA) is 29.9 Å². The van der Waals surface area contributed by atoms with Crippen LogP contribution in [0, 0.1) is 11.6 Å². The predicted octanol–water partition coefficient (Wildman–Crippen LogP) is 2.71. The van der Waals surface area contributed by atoms with Crippen molar-refractivity contribution in [3.05, 3.63) is 53.4 Å². The molecule has 1 heterocycles. The molecule has 3 nitrogen and oxygen atoms in total. The van der Waals surface area contributed by atoms with E-state index >= 15 is 0 Å². The van der Waals surface area contributed by atoms with E-state index < -0.39 is 11.6 Å². The number of nitrogens with zero attached hydrogens (tertiary/aromatic N) is 2. The number of halogens is 2. The molecule has 2 aromatic rings. The van der Waals surface area contributed by atoms with Crippen LogP contribution in [-0.4, -0.2) is 16.3 Å². The van der Waals surface area contributed by atoms with E-state index in [-0.39, 0.29) is 6.54 Å². The molecule has 0 radical (unpaired) electrons. The molecule has 0 saturated heterocycles. The predicted molar refractivity (Wildman–Crippen MR) is 69.7 cm³/mol. The van der Waals surface area contributed by atoms with Crippen molar-refractivity contribution in [2.45, 2.75) is 26.4 Å². The Bertz CT molecular complexity index is 537. The Kier molecular flexibility index (Phi) is 4.63. The average molecular weight is 265 g/mol. The summed E-state index contributed by atoms with van der Waals surface area (Å²) in [7, 11) is 0. The summed E-state index contributed by atoms with van der Waals surface area (Å²) in [5.41, 5.74) is 1.33. The Balaban J connectivity index is 2.01. The lowest BCUT2D eigenvalue weighted by Crippen LogP contribution is -2.13. The minimum atomic E-state index is -0.825. The minimum absolute atomic E-state index is 0.234. The minimum Gasteiger partial charge on any atom is -0.313 e. The number of hydrogen-bond donors (Lipinski definition) is 1. The van der Waals surface area contributed by atoms with Gasteiger partial charge in [-0.3, -0.25) is 4.68 Å².